The lowest BCUT2D eigenvalue weighted by Crippen LogP contribution is -2.57. The Labute approximate surface area is 125 Å². The second kappa shape index (κ2) is 5.26. The zero-order valence-corrected chi connectivity index (χ0v) is 12.2. The van der Waals surface area contributed by atoms with E-state index in [0.717, 1.165) is 24.4 Å². The Morgan fingerprint density at radius 2 is 2.19 bits per heavy atom. The van der Waals surface area contributed by atoms with Crippen molar-refractivity contribution in [3.05, 3.63) is 48.4 Å². The van der Waals surface area contributed by atoms with Crippen LogP contribution >= 0.6 is 0 Å². The number of likely N-dealkylation sites (tertiary alicyclic amines) is 1. The molecule has 1 saturated heterocycles. The Balaban J connectivity index is 1.48. The molecule has 0 N–H and O–H groups in total. The Bertz CT molecular complexity index is 575. The average Bonchev–Trinajstić information content (AvgIpc) is 3.17. The summed E-state index contributed by atoms with van der Waals surface area (Å²) in [5.74, 6) is 1.14. The van der Waals surface area contributed by atoms with E-state index in [4.69, 9.17) is 4.42 Å². The van der Waals surface area contributed by atoms with Crippen molar-refractivity contribution in [1.29, 1.82) is 0 Å². The summed E-state index contributed by atoms with van der Waals surface area (Å²) in [6.45, 7) is 2.24. The molecule has 4 heteroatoms. The maximum Gasteiger partial charge on any atom is 0.121 e. The Kier molecular flexibility index (Phi) is 3.26. The molecule has 1 saturated carbocycles. The molecule has 0 bridgehead atoms. The minimum Gasteiger partial charge on any atom is -0.468 e. The molecule has 4 rings (SSSR count). The van der Waals surface area contributed by atoms with Gasteiger partial charge in [-0.15, -0.1) is 0 Å². The third kappa shape index (κ3) is 2.27. The molecule has 0 aromatic carbocycles. The molecule has 2 aromatic heterocycles. The smallest absolute Gasteiger partial charge is 0.121 e. The predicted octanol–water partition coefficient (Wildman–Crippen LogP) is 3.23. The highest BCUT2D eigenvalue weighted by molar-refractivity contribution is 5.18. The van der Waals surface area contributed by atoms with Crippen molar-refractivity contribution < 1.29 is 4.42 Å². The molecule has 0 radical (unpaired) electrons. The van der Waals surface area contributed by atoms with Gasteiger partial charge in [-0.05, 0) is 25.0 Å². The van der Waals surface area contributed by atoms with Crippen LogP contribution in [-0.2, 0) is 6.42 Å². The minimum absolute atomic E-state index is 0.465. The van der Waals surface area contributed by atoms with Crippen LogP contribution in [0.3, 0.4) is 0 Å². The van der Waals surface area contributed by atoms with E-state index in [9.17, 15) is 0 Å². The zero-order valence-electron chi connectivity index (χ0n) is 12.2. The highest BCUT2D eigenvalue weighted by atomic mass is 16.3. The van der Waals surface area contributed by atoms with Crippen LogP contribution < -0.4 is 0 Å². The van der Waals surface area contributed by atoms with Crippen molar-refractivity contribution in [2.45, 2.75) is 38.1 Å². The molecule has 2 aromatic rings. The molecule has 2 fully saturated rings. The first-order valence-electron chi connectivity index (χ1n) is 7.90. The molecule has 1 aliphatic carbocycles. The largest absolute Gasteiger partial charge is 0.468 e. The molecular formula is C17H21N3O. The Hall–Kier alpha value is -1.68. The maximum absolute atomic E-state index is 5.74. The van der Waals surface area contributed by atoms with Crippen LogP contribution in [0.4, 0.5) is 0 Å². The first-order chi connectivity index (χ1) is 10.4. The van der Waals surface area contributed by atoms with Gasteiger partial charge in [0.2, 0.25) is 0 Å². The van der Waals surface area contributed by atoms with Crippen LogP contribution in [0.5, 0.6) is 0 Å². The van der Waals surface area contributed by atoms with Gasteiger partial charge in [0.05, 0.1) is 18.0 Å². The summed E-state index contributed by atoms with van der Waals surface area (Å²) in [5, 5.41) is 0. The standard InChI is InChI=1S/C17H21N3O/c1-2-7-17(6-1)13-20(16(17)15-4-3-11-21-15)10-5-14-12-18-8-9-19-14/h3-4,8-9,11-12,16H,1-2,5-7,10,13H2. The van der Waals surface area contributed by atoms with Crippen LogP contribution in [0, 0.1) is 5.41 Å². The fourth-order valence-electron chi connectivity index (χ4n) is 4.22. The van der Waals surface area contributed by atoms with E-state index in [-0.39, 0.29) is 0 Å². The van der Waals surface area contributed by atoms with Crippen LogP contribution in [0.15, 0.2) is 41.4 Å². The van der Waals surface area contributed by atoms with Gasteiger partial charge in [0.1, 0.15) is 5.76 Å². The van der Waals surface area contributed by atoms with Gasteiger partial charge in [0.25, 0.3) is 0 Å². The SMILES string of the molecule is c1coc(C2N(CCc3cnccn3)CC23CCCC3)c1. The van der Waals surface area contributed by atoms with Crippen LogP contribution in [0.25, 0.3) is 0 Å². The van der Waals surface area contributed by atoms with E-state index in [1.54, 1.807) is 18.7 Å². The molecular weight excluding hydrogens is 262 g/mol. The topological polar surface area (TPSA) is 42.2 Å². The first-order valence-corrected chi connectivity index (χ1v) is 7.90. The average molecular weight is 283 g/mol. The number of rotatable bonds is 4. The van der Waals surface area contributed by atoms with Crippen LogP contribution in [-0.4, -0.2) is 28.0 Å². The van der Waals surface area contributed by atoms with Gasteiger partial charge < -0.3 is 4.42 Å². The van der Waals surface area contributed by atoms with E-state index < -0.39 is 0 Å². The molecule has 1 spiro atoms. The van der Waals surface area contributed by atoms with E-state index in [0.29, 0.717) is 11.5 Å². The van der Waals surface area contributed by atoms with Gasteiger partial charge in [-0.3, -0.25) is 14.9 Å². The molecule has 4 nitrogen and oxygen atoms in total. The van der Waals surface area contributed by atoms with Crippen molar-refractivity contribution in [1.82, 2.24) is 14.9 Å². The lowest BCUT2D eigenvalue weighted by molar-refractivity contribution is -0.0831. The van der Waals surface area contributed by atoms with Crippen molar-refractivity contribution in [2.24, 2.45) is 5.41 Å². The number of nitrogens with zero attached hydrogens (tertiary/aromatic N) is 3. The van der Waals surface area contributed by atoms with Crippen molar-refractivity contribution >= 4 is 0 Å². The Morgan fingerprint density at radius 3 is 2.90 bits per heavy atom. The maximum atomic E-state index is 5.74. The van der Waals surface area contributed by atoms with Crippen molar-refractivity contribution in [2.75, 3.05) is 13.1 Å². The molecule has 21 heavy (non-hydrogen) atoms. The van der Waals surface area contributed by atoms with E-state index in [1.165, 1.54) is 32.2 Å². The molecule has 110 valence electrons. The van der Waals surface area contributed by atoms with Crippen LogP contribution in [0.1, 0.15) is 43.2 Å². The van der Waals surface area contributed by atoms with Gasteiger partial charge in [-0.1, -0.05) is 12.8 Å². The summed E-state index contributed by atoms with van der Waals surface area (Å²) in [6.07, 6.45) is 13.6. The van der Waals surface area contributed by atoms with Gasteiger partial charge in [0, 0.05) is 43.5 Å². The van der Waals surface area contributed by atoms with Crippen molar-refractivity contribution in [3.63, 3.8) is 0 Å². The number of aromatic nitrogens is 2. The summed E-state index contributed by atoms with van der Waals surface area (Å²) in [5.41, 5.74) is 1.54. The second-order valence-electron chi connectivity index (χ2n) is 6.40. The quantitative estimate of drug-likeness (QED) is 0.864. The summed E-state index contributed by atoms with van der Waals surface area (Å²) < 4.78 is 5.74. The van der Waals surface area contributed by atoms with Gasteiger partial charge >= 0.3 is 0 Å². The number of hydrogen-bond acceptors (Lipinski definition) is 4. The summed E-state index contributed by atoms with van der Waals surface area (Å²) in [7, 11) is 0. The summed E-state index contributed by atoms with van der Waals surface area (Å²) in [4.78, 5) is 11.1. The fourth-order valence-corrected chi connectivity index (χ4v) is 4.22. The molecule has 1 aliphatic heterocycles. The predicted molar refractivity (Wildman–Crippen MR) is 79.7 cm³/mol. The van der Waals surface area contributed by atoms with Gasteiger partial charge in [-0.25, -0.2) is 0 Å². The zero-order chi connectivity index (χ0) is 14.1. The number of furan rings is 1. The molecule has 1 atom stereocenters. The number of hydrogen-bond donors (Lipinski definition) is 0. The fraction of sp³-hybridized carbons (Fsp3) is 0.529. The molecule has 2 aliphatic rings. The molecule has 1 unspecified atom stereocenters. The lowest BCUT2D eigenvalue weighted by Gasteiger charge is -2.55. The van der Waals surface area contributed by atoms with Crippen LogP contribution in [0.2, 0.25) is 0 Å². The van der Waals surface area contributed by atoms with E-state index in [2.05, 4.69) is 20.9 Å². The highest BCUT2D eigenvalue weighted by Crippen LogP contribution is 2.58. The molecule has 3 heterocycles. The van der Waals surface area contributed by atoms with Gasteiger partial charge in [-0.2, -0.15) is 0 Å². The third-order valence-electron chi connectivity index (χ3n) is 5.15. The second-order valence-corrected chi connectivity index (χ2v) is 6.40. The highest BCUT2D eigenvalue weighted by Gasteiger charge is 2.54. The van der Waals surface area contributed by atoms with Crippen molar-refractivity contribution in [3.8, 4) is 0 Å². The lowest BCUT2D eigenvalue weighted by atomic mass is 9.69. The molecule has 0 amide bonds. The van der Waals surface area contributed by atoms with E-state index >= 15 is 0 Å². The van der Waals surface area contributed by atoms with Gasteiger partial charge in [0.15, 0.2) is 0 Å². The summed E-state index contributed by atoms with van der Waals surface area (Å²) in [6, 6.07) is 4.61. The summed E-state index contributed by atoms with van der Waals surface area (Å²) >= 11 is 0. The Morgan fingerprint density at radius 1 is 1.29 bits per heavy atom. The third-order valence-corrected chi connectivity index (χ3v) is 5.15. The monoisotopic (exact) mass is 283 g/mol. The normalized spacial score (nSPS) is 24.3. The van der Waals surface area contributed by atoms with E-state index in [1.807, 2.05) is 12.3 Å². The minimum atomic E-state index is 0.465. The first kappa shape index (κ1) is 13.0.